The number of hydrogen-bond acceptors (Lipinski definition) is 5. The van der Waals surface area contributed by atoms with Crippen LogP contribution in [0.4, 0.5) is 0 Å². The lowest BCUT2D eigenvalue weighted by Crippen LogP contribution is -2.34. The van der Waals surface area contributed by atoms with Gasteiger partial charge in [0, 0.05) is 30.6 Å². The summed E-state index contributed by atoms with van der Waals surface area (Å²) in [6.07, 6.45) is 3.91. The molecule has 0 spiro atoms. The number of rotatable bonds is 7. The van der Waals surface area contributed by atoms with Crippen LogP contribution in [0.25, 0.3) is 0 Å². The van der Waals surface area contributed by atoms with Crippen LogP contribution in [0.15, 0.2) is 17.3 Å². The van der Waals surface area contributed by atoms with Crippen molar-refractivity contribution in [2.24, 2.45) is 0 Å². The van der Waals surface area contributed by atoms with Crippen molar-refractivity contribution in [3.8, 4) is 0 Å². The van der Waals surface area contributed by atoms with Gasteiger partial charge >= 0.3 is 0 Å². The zero-order chi connectivity index (χ0) is 14.6. The summed E-state index contributed by atoms with van der Waals surface area (Å²) >= 11 is 1.78. The molecule has 0 saturated carbocycles. The van der Waals surface area contributed by atoms with E-state index in [2.05, 4.69) is 29.0 Å². The summed E-state index contributed by atoms with van der Waals surface area (Å²) in [6.45, 7) is 5.57. The van der Waals surface area contributed by atoms with Crippen LogP contribution in [0.5, 0.6) is 0 Å². The Morgan fingerprint density at radius 3 is 3.00 bits per heavy atom. The third kappa shape index (κ3) is 4.47. The van der Waals surface area contributed by atoms with Crippen LogP contribution in [0.3, 0.4) is 0 Å². The smallest absolute Gasteiger partial charge is 0.243 e. The van der Waals surface area contributed by atoms with E-state index in [4.69, 9.17) is 0 Å². The van der Waals surface area contributed by atoms with Gasteiger partial charge in [-0.15, -0.1) is 0 Å². The topological polar surface area (TPSA) is 76.0 Å². The molecule has 2 heterocycles. The van der Waals surface area contributed by atoms with E-state index in [0.717, 1.165) is 24.5 Å². The van der Waals surface area contributed by atoms with Crippen LogP contribution in [-0.2, 0) is 16.6 Å². The molecule has 1 saturated heterocycles. The molecule has 0 bridgehead atoms. The Balaban J connectivity index is 1.92. The van der Waals surface area contributed by atoms with Crippen molar-refractivity contribution in [2.75, 3.05) is 18.1 Å². The summed E-state index contributed by atoms with van der Waals surface area (Å²) in [5.74, 6) is 1.87. The van der Waals surface area contributed by atoms with E-state index in [1.54, 1.807) is 22.6 Å². The molecule has 0 amide bonds. The highest BCUT2D eigenvalue weighted by molar-refractivity contribution is 7.99. The van der Waals surface area contributed by atoms with Crippen molar-refractivity contribution in [1.82, 2.24) is 19.8 Å². The minimum atomic E-state index is -3.43. The second kappa shape index (κ2) is 6.93. The highest BCUT2D eigenvalue weighted by Gasteiger charge is 2.24. The molecular weight excluding hydrogens is 296 g/mol. The Morgan fingerprint density at radius 2 is 2.35 bits per heavy atom. The lowest BCUT2D eigenvalue weighted by Gasteiger charge is -2.10. The first-order valence-electron chi connectivity index (χ1n) is 6.83. The van der Waals surface area contributed by atoms with E-state index in [1.807, 2.05) is 0 Å². The molecule has 2 N–H and O–H groups in total. The van der Waals surface area contributed by atoms with Gasteiger partial charge in [0.15, 0.2) is 0 Å². The monoisotopic (exact) mass is 318 g/mol. The number of aromatic nitrogens is 2. The Morgan fingerprint density at radius 1 is 1.55 bits per heavy atom. The van der Waals surface area contributed by atoms with Gasteiger partial charge in [-0.2, -0.15) is 16.9 Å². The largest absolute Gasteiger partial charge is 0.313 e. The van der Waals surface area contributed by atoms with Crippen LogP contribution >= 0.6 is 11.8 Å². The maximum atomic E-state index is 12.2. The SMILES string of the molecule is CC(C)NCCn1cc(S(=O)(=O)NC2CCSC2)cn1. The highest BCUT2D eigenvalue weighted by Crippen LogP contribution is 2.19. The second-order valence-electron chi connectivity index (χ2n) is 5.23. The number of sulfonamides is 1. The summed E-state index contributed by atoms with van der Waals surface area (Å²) in [5.41, 5.74) is 0. The predicted octanol–water partition coefficient (Wildman–Crippen LogP) is 0.665. The van der Waals surface area contributed by atoms with Crippen molar-refractivity contribution < 1.29 is 8.42 Å². The van der Waals surface area contributed by atoms with Crippen molar-refractivity contribution in [1.29, 1.82) is 0 Å². The van der Waals surface area contributed by atoms with Gasteiger partial charge in [0.1, 0.15) is 4.90 Å². The molecule has 0 aromatic carbocycles. The Kier molecular flexibility index (Phi) is 5.48. The molecule has 0 radical (unpaired) electrons. The number of thioether (sulfide) groups is 1. The molecule has 1 aliphatic heterocycles. The van der Waals surface area contributed by atoms with Gasteiger partial charge in [0.25, 0.3) is 0 Å². The maximum Gasteiger partial charge on any atom is 0.243 e. The first-order chi connectivity index (χ1) is 9.47. The van der Waals surface area contributed by atoms with E-state index >= 15 is 0 Å². The number of hydrogen-bond donors (Lipinski definition) is 2. The second-order valence-corrected chi connectivity index (χ2v) is 8.09. The zero-order valence-electron chi connectivity index (χ0n) is 11.9. The normalized spacial score (nSPS) is 19.9. The fourth-order valence-corrected chi connectivity index (χ4v) is 4.47. The minimum Gasteiger partial charge on any atom is -0.313 e. The van der Waals surface area contributed by atoms with Gasteiger partial charge in [0.05, 0.1) is 12.7 Å². The van der Waals surface area contributed by atoms with Crippen LogP contribution in [0.1, 0.15) is 20.3 Å². The van der Waals surface area contributed by atoms with Crippen molar-refractivity contribution in [3.63, 3.8) is 0 Å². The molecule has 114 valence electrons. The first-order valence-corrected chi connectivity index (χ1v) is 9.47. The lowest BCUT2D eigenvalue weighted by molar-refractivity contribution is 0.514. The first kappa shape index (κ1) is 15.8. The molecule has 1 aromatic heterocycles. The Labute approximate surface area is 124 Å². The summed E-state index contributed by atoms with van der Waals surface area (Å²) < 4.78 is 28.8. The maximum absolute atomic E-state index is 12.2. The molecule has 6 nitrogen and oxygen atoms in total. The molecule has 1 atom stereocenters. The van der Waals surface area contributed by atoms with Gasteiger partial charge in [-0.3, -0.25) is 4.68 Å². The molecule has 1 unspecified atom stereocenters. The van der Waals surface area contributed by atoms with Crippen LogP contribution in [0, 0.1) is 0 Å². The predicted molar refractivity (Wildman–Crippen MR) is 81.4 cm³/mol. The molecule has 1 aliphatic rings. The number of nitrogens with one attached hydrogen (secondary N) is 2. The standard InChI is InChI=1S/C12H22N4O2S2/c1-10(2)13-4-5-16-8-12(7-14-16)20(17,18)15-11-3-6-19-9-11/h7-8,10-11,13,15H,3-6,9H2,1-2H3. The van der Waals surface area contributed by atoms with Gasteiger partial charge in [-0.05, 0) is 12.2 Å². The van der Waals surface area contributed by atoms with Crippen molar-refractivity contribution >= 4 is 21.8 Å². The average molecular weight is 318 g/mol. The molecule has 20 heavy (non-hydrogen) atoms. The average Bonchev–Trinajstić information content (AvgIpc) is 2.99. The molecule has 1 fully saturated rings. The zero-order valence-corrected chi connectivity index (χ0v) is 13.5. The van der Waals surface area contributed by atoms with Gasteiger partial charge < -0.3 is 5.32 Å². The van der Waals surface area contributed by atoms with Gasteiger partial charge in [-0.25, -0.2) is 13.1 Å². The highest BCUT2D eigenvalue weighted by atomic mass is 32.2. The number of nitrogens with zero attached hydrogens (tertiary/aromatic N) is 2. The van der Waals surface area contributed by atoms with E-state index in [0.29, 0.717) is 12.6 Å². The van der Waals surface area contributed by atoms with E-state index in [1.165, 1.54) is 6.20 Å². The van der Waals surface area contributed by atoms with Crippen LogP contribution in [0.2, 0.25) is 0 Å². The molecule has 8 heteroatoms. The van der Waals surface area contributed by atoms with Gasteiger partial charge in [0.2, 0.25) is 10.0 Å². The lowest BCUT2D eigenvalue weighted by atomic mass is 10.3. The fourth-order valence-electron chi connectivity index (χ4n) is 1.99. The summed E-state index contributed by atoms with van der Waals surface area (Å²) in [4.78, 5) is 0.249. The van der Waals surface area contributed by atoms with Crippen LogP contribution < -0.4 is 10.0 Å². The van der Waals surface area contributed by atoms with Crippen molar-refractivity contribution in [2.45, 2.75) is 43.8 Å². The van der Waals surface area contributed by atoms with Crippen molar-refractivity contribution in [3.05, 3.63) is 12.4 Å². The Bertz CT molecular complexity index is 521. The Hall–Kier alpha value is -0.570. The third-order valence-corrected chi connectivity index (χ3v) is 5.70. The van der Waals surface area contributed by atoms with Gasteiger partial charge in [-0.1, -0.05) is 13.8 Å². The van der Waals surface area contributed by atoms with E-state index in [-0.39, 0.29) is 10.9 Å². The molecular formula is C12H22N4O2S2. The summed E-state index contributed by atoms with van der Waals surface area (Å²) in [6, 6.07) is 0.464. The quantitative estimate of drug-likeness (QED) is 0.772. The summed E-state index contributed by atoms with van der Waals surface area (Å²) in [7, 11) is -3.43. The van der Waals surface area contributed by atoms with E-state index in [9.17, 15) is 8.42 Å². The van der Waals surface area contributed by atoms with E-state index < -0.39 is 10.0 Å². The minimum absolute atomic E-state index is 0.0518. The fraction of sp³-hybridized carbons (Fsp3) is 0.750. The molecule has 2 rings (SSSR count). The van der Waals surface area contributed by atoms with Crippen LogP contribution in [-0.4, -0.2) is 48.3 Å². The molecule has 0 aliphatic carbocycles. The molecule has 1 aromatic rings. The summed E-state index contributed by atoms with van der Waals surface area (Å²) in [5, 5.41) is 7.38. The third-order valence-electron chi connectivity index (χ3n) is 3.06.